The third-order valence-electron chi connectivity index (χ3n) is 2.93. The highest BCUT2D eigenvalue weighted by atomic mass is 127. The minimum absolute atomic E-state index is 0.145. The molecule has 13 heavy (non-hydrogen) atoms. The lowest BCUT2D eigenvalue weighted by Gasteiger charge is -2.32. The number of amides is 2. The lowest BCUT2D eigenvalue weighted by molar-refractivity contribution is 0.176. The standard InChI is InChI=1S/C9H15IN2O/c10-8-6-11-9(13)12(8)7-4-2-1-3-5-7/h7-8H,1-6H2,(H,11,13). The molecule has 1 unspecified atom stereocenters. The van der Waals surface area contributed by atoms with Gasteiger partial charge in [-0.3, -0.25) is 0 Å². The van der Waals surface area contributed by atoms with Gasteiger partial charge in [0.05, 0.1) is 0 Å². The van der Waals surface area contributed by atoms with Crippen molar-refractivity contribution in [3.8, 4) is 0 Å². The molecular formula is C9H15IN2O. The topological polar surface area (TPSA) is 32.3 Å². The molecule has 0 aromatic rings. The summed E-state index contributed by atoms with van der Waals surface area (Å²) in [5.74, 6) is 0. The molecule has 1 saturated carbocycles. The molecule has 0 spiro atoms. The quantitative estimate of drug-likeness (QED) is 0.448. The maximum atomic E-state index is 11.5. The molecule has 1 aliphatic heterocycles. The highest BCUT2D eigenvalue weighted by molar-refractivity contribution is 14.1. The second kappa shape index (κ2) is 4.02. The third-order valence-corrected chi connectivity index (χ3v) is 3.97. The molecule has 1 aliphatic carbocycles. The van der Waals surface area contributed by atoms with Crippen LogP contribution in [0.3, 0.4) is 0 Å². The fraction of sp³-hybridized carbons (Fsp3) is 0.889. The van der Waals surface area contributed by atoms with Gasteiger partial charge in [-0.25, -0.2) is 4.79 Å². The van der Waals surface area contributed by atoms with Crippen molar-refractivity contribution in [3.05, 3.63) is 0 Å². The normalized spacial score (nSPS) is 30.7. The number of nitrogens with one attached hydrogen (secondary N) is 1. The van der Waals surface area contributed by atoms with E-state index in [1.165, 1.54) is 32.1 Å². The number of carbonyl (C=O) groups is 1. The van der Waals surface area contributed by atoms with Gasteiger partial charge in [0.2, 0.25) is 0 Å². The summed E-state index contributed by atoms with van der Waals surface area (Å²) in [6.45, 7) is 0.815. The zero-order chi connectivity index (χ0) is 9.26. The zero-order valence-electron chi connectivity index (χ0n) is 7.63. The number of alkyl halides is 1. The van der Waals surface area contributed by atoms with Gasteiger partial charge in [0.15, 0.2) is 0 Å². The van der Waals surface area contributed by atoms with Crippen LogP contribution in [0.5, 0.6) is 0 Å². The van der Waals surface area contributed by atoms with E-state index < -0.39 is 0 Å². The van der Waals surface area contributed by atoms with Crippen LogP contribution in [-0.4, -0.2) is 27.6 Å². The van der Waals surface area contributed by atoms with E-state index in [-0.39, 0.29) is 6.03 Å². The summed E-state index contributed by atoms with van der Waals surface area (Å²) in [6, 6.07) is 0.657. The van der Waals surface area contributed by atoms with Crippen LogP contribution in [0, 0.1) is 0 Å². The fourth-order valence-corrected chi connectivity index (χ4v) is 3.17. The molecule has 0 aromatic carbocycles. The van der Waals surface area contributed by atoms with Crippen LogP contribution in [0.15, 0.2) is 0 Å². The van der Waals surface area contributed by atoms with E-state index >= 15 is 0 Å². The zero-order valence-corrected chi connectivity index (χ0v) is 9.79. The summed E-state index contributed by atoms with van der Waals surface area (Å²) >= 11 is 2.35. The molecule has 1 atom stereocenters. The summed E-state index contributed by atoms with van der Waals surface area (Å²) in [4.78, 5) is 13.5. The van der Waals surface area contributed by atoms with Crippen molar-refractivity contribution in [1.82, 2.24) is 10.2 Å². The van der Waals surface area contributed by atoms with E-state index in [2.05, 4.69) is 27.9 Å². The first kappa shape index (κ1) is 9.55. The van der Waals surface area contributed by atoms with Gasteiger partial charge in [-0.1, -0.05) is 41.9 Å². The maximum Gasteiger partial charge on any atom is 0.318 e. The minimum atomic E-state index is 0.145. The Balaban J connectivity index is 2.00. The molecule has 0 bridgehead atoms. The lowest BCUT2D eigenvalue weighted by atomic mass is 9.94. The molecule has 3 nitrogen and oxygen atoms in total. The Labute approximate surface area is 92.4 Å². The summed E-state index contributed by atoms with van der Waals surface area (Å²) in [5.41, 5.74) is 0. The number of urea groups is 1. The van der Waals surface area contributed by atoms with Crippen molar-refractivity contribution < 1.29 is 4.79 Å². The molecule has 1 heterocycles. The van der Waals surface area contributed by atoms with Crippen LogP contribution in [0.1, 0.15) is 32.1 Å². The molecule has 2 fully saturated rings. The molecule has 1 saturated heterocycles. The van der Waals surface area contributed by atoms with E-state index in [9.17, 15) is 4.79 Å². The number of hydrogen-bond donors (Lipinski definition) is 1. The van der Waals surface area contributed by atoms with Crippen LogP contribution in [0.25, 0.3) is 0 Å². The molecule has 0 aromatic heterocycles. The van der Waals surface area contributed by atoms with Gasteiger partial charge in [0, 0.05) is 12.6 Å². The van der Waals surface area contributed by atoms with Crippen LogP contribution >= 0.6 is 22.6 Å². The highest BCUT2D eigenvalue weighted by Gasteiger charge is 2.34. The molecule has 2 rings (SSSR count). The van der Waals surface area contributed by atoms with Gasteiger partial charge in [0.25, 0.3) is 0 Å². The minimum Gasteiger partial charge on any atom is -0.335 e. The number of halogens is 1. The number of carbonyl (C=O) groups excluding carboxylic acids is 1. The van der Waals surface area contributed by atoms with Crippen molar-refractivity contribution in [1.29, 1.82) is 0 Å². The first-order valence-corrected chi connectivity index (χ1v) is 6.24. The van der Waals surface area contributed by atoms with Crippen molar-refractivity contribution in [2.75, 3.05) is 6.54 Å². The average molecular weight is 294 g/mol. The molecule has 74 valence electrons. The molecule has 1 N–H and O–H groups in total. The van der Waals surface area contributed by atoms with E-state index in [0.717, 1.165) is 6.54 Å². The molecular weight excluding hydrogens is 279 g/mol. The number of nitrogens with zero attached hydrogens (tertiary/aromatic N) is 1. The second-order valence-corrected chi connectivity index (χ2v) is 5.26. The Bertz CT molecular complexity index is 204. The average Bonchev–Trinajstić information content (AvgIpc) is 2.48. The number of rotatable bonds is 1. The van der Waals surface area contributed by atoms with Gasteiger partial charge in [-0.05, 0) is 12.8 Å². The SMILES string of the molecule is O=C1NCC(I)N1C1CCCCC1. The van der Waals surface area contributed by atoms with E-state index in [1.807, 2.05) is 4.90 Å². The van der Waals surface area contributed by atoms with Crippen molar-refractivity contribution in [2.24, 2.45) is 0 Å². The van der Waals surface area contributed by atoms with Gasteiger partial charge in [0.1, 0.15) is 4.05 Å². The summed E-state index contributed by atoms with van der Waals surface area (Å²) in [6.07, 6.45) is 6.33. The van der Waals surface area contributed by atoms with Gasteiger partial charge in [-0.2, -0.15) is 0 Å². The Kier molecular flexibility index (Phi) is 2.96. The smallest absolute Gasteiger partial charge is 0.318 e. The third kappa shape index (κ3) is 1.92. The first-order valence-electron chi connectivity index (χ1n) is 4.99. The Morgan fingerprint density at radius 2 is 2.00 bits per heavy atom. The molecule has 2 amide bonds. The van der Waals surface area contributed by atoms with Crippen LogP contribution in [0.2, 0.25) is 0 Å². The Hall–Kier alpha value is -0.0000000000000000555. The fourth-order valence-electron chi connectivity index (χ4n) is 2.24. The van der Waals surface area contributed by atoms with Crippen molar-refractivity contribution >= 4 is 28.6 Å². The van der Waals surface area contributed by atoms with Gasteiger partial charge in [-0.15, -0.1) is 0 Å². The van der Waals surface area contributed by atoms with Crippen molar-refractivity contribution in [3.63, 3.8) is 0 Å². The van der Waals surface area contributed by atoms with Crippen LogP contribution < -0.4 is 5.32 Å². The summed E-state index contributed by atoms with van der Waals surface area (Å²) in [5, 5.41) is 2.90. The highest BCUT2D eigenvalue weighted by Crippen LogP contribution is 2.27. The monoisotopic (exact) mass is 294 g/mol. The maximum absolute atomic E-state index is 11.5. The van der Waals surface area contributed by atoms with Crippen LogP contribution in [0.4, 0.5) is 4.79 Å². The lowest BCUT2D eigenvalue weighted by Crippen LogP contribution is -2.41. The molecule has 2 aliphatic rings. The first-order chi connectivity index (χ1) is 6.29. The van der Waals surface area contributed by atoms with Crippen molar-refractivity contribution in [2.45, 2.75) is 42.2 Å². The van der Waals surface area contributed by atoms with E-state index in [4.69, 9.17) is 0 Å². The molecule has 4 heteroatoms. The van der Waals surface area contributed by atoms with E-state index in [1.54, 1.807) is 0 Å². The summed E-state index contributed by atoms with van der Waals surface area (Å²) < 4.78 is 0.369. The molecule has 0 radical (unpaired) electrons. The number of hydrogen-bond acceptors (Lipinski definition) is 1. The van der Waals surface area contributed by atoms with Gasteiger partial charge < -0.3 is 10.2 Å². The Morgan fingerprint density at radius 3 is 2.54 bits per heavy atom. The van der Waals surface area contributed by atoms with Gasteiger partial charge >= 0.3 is 6.03 Å². The largest absolute Gasteiger partial charge is 0.335 e. The predicted octanol–water partition coefficient (Wildman–Crippen LogP) is 2.11. The second-order valence-electron chi connectivity index (χ2n) is 3.82. The van der Waals surface area contributed by atoms with Crippen LogP contribution in [-0.2, 0) is 0 Å². The Morgan fingerprint density at radius 1 is 1.31 bits per heavy atom. The summed E-state index contributed by atoms with van der Waals surface area (Å²) in [7, 11) is 0. The predicted molar refractivity (Wildman–Crippen MR) is 59.9 cm³/mol. The van der Waals surface area contributed by atoms with E-state index in [0.29, 0.717) is 10.1 Å².